The van der Waals surface area contributed by atoms with Crippen LogP contribution in [0.1, 0.15) is 57.4 Å². The van der Waals surface area contributed by atoms with Crippen LogP contribution in [-0.2, 0) is 9.59 Å². The van der Waals surface area contributed by atoms with Crippen LogP contribution in [0, 0.1) is 0 Å². The molecule has 1 fully saturated rings. The van der Waals surface area contributed by atoms with E-state index in [1.165, 1.54) is 5.56 Å². The maximum atomic E-state index is 12.0. The van der Waals surface area contributed by atoms with E-state index in [1.54, 1.807) is 4.90 Å². The van der Waals surface area contributed by atoms with Crippen LogP contribution in [0.25, 0.3) is 0 Å². The number of nitrogens with zero attached hydrogens (tertiary/aromatic N) is 1. The summed E-state index contributed by atoms with van der Waals surface area (Å²) in [5.41, 5.74) is 1.21. The lowest BCUT2D eigenvalue weighted by Gasteiger charge is -2.23. The van der Waals surface area contributed by atoms with Crippen molar-refractivity contribution in [3.63, 3.8) is 0 Å². The smallest absolute Gasteiger partial charge is 0.331 e. The molecule has 1 amide bonds. The molecule has 0 bridgehead atoms. The predicted octanol–water partition coefficient (Wildman–Crippen LogP) is 3.51. The number of ether oxygens (including phenoxy) is 1. The third-order valence-corrected chi connectivity index (χ3v) is 4.02. The molecule has 1 aromatic rings. The molecule has 1 aliphatic heterocycles. The van der Waals surface area contributed by atoms with Gasteiger partial charge in [-0.15, -0.1) is 0 Å². The first-order chi connectivity index (χ1) is 10.6. The SMILES string of the molecule is CC(C)c1ccc(OC(=O)CN2CCCCCCC2=O)cc1. The Morgan fingerprint density at radius 3 is 2.50 bits per heavy atom. The number of hydrogen-bond donors (Lipinski definition) is 0. The second kappa shape index (κ2) is 7.97. The second-order valence-corrected chi connectivity index (χ2v) is 6.18. The van der Waals surface area contributed by atoms with E-state index < -0.39 is 0 Å². The van der Waals surface area contributed by atoms with Crippen LogP contribution in [-0.4, -0.2) is 29.9 Å². The lowest BCUT2D eigenvalue weighted by Crippen LogP contribution is -2.38. The summed E-state index contributed by atoms with van der Waals surface area (Å²) in [6.07, 6.45) is 4.64. The fourth-order valence-electron chi connectivity index (χ4n) is 2.62. The molecule has 0 N–H and O–H groups in total. The number of benzene rings is 1. The van der Waals surface area contributed by atoms with Crippen LogP contribution in [0.4, 0.5) is 0 Å². The quantitative estimate of drug-likeness (QED) is 0.631. The highest BCUT2D eigenvalue weighted by atomic mass is 16.5. The Labute approximate surface area is 132 Å². The molecule has 1 aromatic carbocycles. The first-order valence-electron chi connectivity index (χ1n) is 8.14. The van der Waals surface area contributed by atoms with Gasteiger partial charge in [0.05, 0.1) is 0 Å². The van der Waals surface area contributed by atoms with Gasteiger partial charge in [0, 0.05) is 13.0 Å². The third kappa shape index (κ3) is 4.86. The molecule has 0 radical (unpaired) electrons. The zero-order valence-corrected chi connectivity index (χ0v) is 13.5. The molecule has 2 rings (SSSR count). The molecular formula is C18H25NO3. The van der Waals surface area contributed by atoms with Crippen LogP contribution >= 0.6 is 0 Å². The number of carbonyl (C=O) groups excluding carboxylic acids is 2. The number of rotatable bonds is 4. The molecule has 1 aliphatic rings. The minimum Gasteiger partial charge on any atom is -0.425 e. The number of esters is 1. The van der Waals surface area contributed by atoms with E-state index in [0.717, 1.165) is 25.7 Å². The van der Waals surface area contributed by atoms with Crippen molar-refractivity contribution in [2.24, 2.45) is 0 Å². The van der Waals surface area contributed by atoms with Gasteiger partial charge in [-0.25, -0.2) is 4.79 Å². The van der Waals surface area contributed by atoms with Gasteiger partial charge in [0.15, 0.2) is 0 Å². The Morgan fingerprint density at radius 2 is 1.82 bits per heavy atom. The first-order valence-corrected chi connectivity index (χ1v) is 8.14. The summed E-state index contributed by atoms with van der Waals surface area (Å²) in [6.45, 7) is 4.94. The predicted molar refractivity (Wildman–Crippen MR) is 85.8 cm³/mol. The summed E-state index contributed by atoms with van der Waals surface area (Å²) >= 11 is 0. The Kier molecular flexibility index (Phi) is 5.99. The molecule has 0 aliphatic carbocycles. The van der Waals surface area contributed by atoms with Crippen LogP contribution in [0.2, 0.25) is 0 Å². The lowest BCUT2D eigenvalue weighted by atomic mass is 10.0. The summed E-state index contributed by atoms with van der Waals surface area (Å²) in [6, 6.07) is 7.55. The number of carbonyl (C=O) groups is 2. The van der Waals surface area contributed by atoms with E-state index in [0.29, 0.717) is 24.6 Å². The molecule has 22 heavy (non-hydrogen) atoms. The number of likely N-dealkylation sites (tertiary alicyclic amines) is 1. The molecule has 1 saturated heterocycles. The van der Waals surface area contributed by atoms with Gasteiger partial charge in [-0.3, -0.25) is 4.79 Å². The van der Waals surface area contributed by atoms with Gasteiger partial charge in [0.2, 0.25) is 5.91 Å². The van der Waals surface area contributed by atoms with Gasteiger partial charge in [0.1, 0.15) is 12.3 Å². The fraction of sp³-hybridized carbons (Fsp3) is 0.556. The molecule has 0 unspecified atom stereocenters. The van der Waals surface area contributed by atoms with Gasteiger partial charge in [-0.2, -0.15) is 0 Å². The zero-order valence-electron chi connectivity index (χ0n) is 13.5. The minimum atomic E-state index is -0.369. The van der Waals surface area contributed by atoms with E-state index in [9.17, 15) is 9.59 Å². The maximum absolute atomic E-state index is 12.0. The molecular weight excluding hydrogens is 278 g/mol. The average Bonchev–Trinajstić information content (AvgIpc) is 2.47. The zero-order chi connectivity index (χ0) is 15.9. The average molecular weight is 303 g/mol. The summed E-state index contributed by atoms with van der Waals surface area (Å²) in [5, 5.41) is 0. The van der Waals surface area contributed by atoms with Crippen molar-refractivity contribution in [2.45, 2.75) is 51.9 Å². The number of hydrogen-bond acceptors (Lipinski definition) is 3. The normalized spacial score (nSPS) is 16.3. The molecule has 0 spiro atoms. The van der Waals surface area contributed by atoms with Gasteiger partial charge in [0.25, 0.3) is 0 Å². The minimum absolute atomic E-state index is 0.0464. The van der Waals surface area contributed by atoms with Gasteiger partial charge in [-0.1, -0.05) is 38.8 Å². The van der Waals surface area contributed by atoms with Crippen LogP contribution in [0.15, 0.2) is 24.3 Å². The van der Waals surface area contributed by atoms with Gasteiger partial charge >= 0.3 is 5.97 Å². The summed E-state index contributed by atoms with van der Waals surface area (Å²) in [7, 11) is 0. The van der Waals surface area contributed by atoms with Crippen LogP contribution in [0.5, 0.6) is 5.75 Å². The van der Waals surface area contributed by atoms with Crippen molar-refractivity contribution in [1.82, 2.24) is 4.90 Å². The van der Waals surface area contributed by atoms with E-state index in [4.69, 9.17) is 4.74 Å². The third-order valence-electron chi connectivity index (χ3n) is 4.02. The Balaban J connectivity index is 1.89. The first kappa shape index (κ1) is 16.5. The molecule has 120 valence electrons. The summed E-state index contributed by atoms with van der Waals surface area (Å²) in [4.78, 5) is 25.6. The number of amides is 1. The second-order valence-electron chi connectivity index (χ2n) is 6.18. The highest BCUT2D eigenvalue weighted by molar-refractivity contribution is 5.83. The summed E-state index contributed by atoms with van der Waals surface area (Å²) < 4.78 is 5.34. The van der Waals surface area contributed by atoms with Crippen molar-refractivity contribution in [3.05, 3.63) is 29.8 Å². The van der Waals surface area contributed by atoms with E-state index in [1.807, 2.05) is 24.3 Å². The van der Waals surface area contributed by atoms with Crippen molar-refractivity contribution in [1.29, 1.82) is 0 Å². The van der Waals surface area contributed by atoms with Crippen molar-refractivity contribution in [2.75, 3.05) is 13.1 Å². The fourth-order valence-corrected chi connectivity index (χ4v) is 2.62. The topological polar surface area (TPSA) is 46.6 Å². The van der Waals surface area contributed by atoms with E-state index >= 15 is 0 Å². The maximum Gasteiger partial charge on any atom is 0.331 e. The highest BCUT2D eigenvalue weighted by Gasteiger charge is 2.19. The molecule has 0 atom stereocenters. The largest absolute Gasteiger partial charge is 0.425 e. The van der Waals surface area contributed by atoms with Crippen molar-refractivity contribution >= 4 is 11.9 Å². The Hall–Kier alpha value is -1.84. The Bertz CT molecular complexity index is 508. The molecule has 4 nitrogen and oxygen atoms in total. The molecule has 0 saturated carbocycles. The van der Waals surface area contributed by atoms with Crippen LogP contribution in [0.3, 0.4) is 0 Å². The van der Waals surface area contributed by atoms with E-state index in [-0.39, 0.29) is 18.4 Å². The van der Waals surface area contributed by atoms with Crippen molar-refractivity contribution in [3.8, 4) is 5.75 Å². The lowest BCUT2D eigenvalue weighted by molar-refractivity contribution is -0.143. The van der Waals surface area contributed by atoms with Gasteiger partial charge in [-0.05, 0) is 36.5 Å². The Morgan fingerprint density at radius 1 is 1.14 bits per heavy atom. The molecule has 1 heterocycles. The highest BCUT2D eigenvalue weighted by Crippen LogP contribution is 2.19. The standard InChI is InChI=1S/C18H25NO3/c1-14(2)15-8-10-16(11-9-15)22-18(21)13-19-12-6-4-3-5-7-17(19)20/h8-11,14H,3-7,12-13H2,1-2H3. The van der Waals surface area contributed by atoms with E-state index in [2.05, 4.69) is 13.8 Å². The van der Waals surface area contributed by atoms with Gasteiger partial charge < -0.3 is 9.64 Å². The monoisotopic (exact) mass is 303 g/mol. The molecule has 4 heteroatoms. The molecule has 0 aromatic heterocycles. The van der Waals surface area contributed by atoms with Crippen LogP contribution < -0.4 is 4.74 Å². The summed E-state index contributed by atoms with van der Waals surface area (Å²) in [5.74, 6) is 0.676. The van der Waals surface area contributed by atoms with Crippen molar-refractivity contribution < 1.29 is 14.3 Å².